The second-order valence-electron chi connectivity index (χ2n) is 2.55. The van der Waals surface area contributed by atoms with Gasteiger partial charge in [0, 0.05) is 5.56 Å². The molecule has 1 aromatic carbocycles. The molecule has 0 aliphatic rings. The van der Waals surface area contributed by atoms with E-state index in [9.17, 15) is 18.0 Å². The Balaban J connectivity index is 0.00000225. The van der Waals surface area contributed by atoms with Crippen molar-refractivity contribution < 1.29 is 22.7 Å². The van der Waals surface area contributed by atoms with Gasteiger partial charge >= 0.3 is 6.36 Å². The van der Waals surface area contributed by atoms with Gasteiger partial charge in [0.05, 0.1) is 0 Å². The molecule has 0 unspecified atom stereocenters. The Kier molecular flexibility index (Phi) is 5.06. The standard InChI is InChI=1S/C8H7F3N2O2.ClH/c9-8(10,11)15-6-3-1-2-5(4-6)7(14)13-12;/h1-4H,12H2,(H,13,14);1H. The average Bonchev–Trinajstić information content (AvgIpc) is 2.14. The topological polar surface area (TPSA) is 64.3 Å². The monoisotopic (exact) mass is 256 g/mol. The van der Waals surface area contributed by atoms with Crippen LogP contribution in [0.2, 0.25) is 0 Å². The van der Waals surface area contributed by atoms with Crippen LogP contribution in [0.4, 0.5) is 13.2 Å². The highest BCUT2D eigenvalue weighted by Crippen LogP contribution is 2.23. The van der Waals surface area contributed by atoms with Crippen molar-refractivity contribution in [3.05, 3.63) is 29.8 Å². The molecule has 0 aliphatic carbocycles. The van der Waals surface area contributed by atoms with Crippen LogP contribution in [0.1, 0.15) is 10.4 Å². The van der Waals surface area contributed by atoms with E-state index in [4.69, 9.17) is 5.84 Å². The number of carbonyl (C=O) groups excluding carboxylic acids is 1. The number of nitrogen functional groups attached to an aromatic ring is 1. The second-order valence-corrected chi connectivity index (χ2v) is 2.55. The van der Waals surface area contributed by atoms with E-state index in [-0.39, 0.29) is 18.0 Å². The third kappa shape index (κ3) is 4.37. The van der Waals surface area contributed by atoms with Crippen LogP contribution >= 0.6 is 12.4 Å². The second kappa shape index (κ2) is 5.57. The van der Waals surface area contributed by atoms with Crippen molar-refractivity contribution in [2.45, 2.75) is 6.36 Å². The molecule has 8 heteroatoms. The number of hydrazine groups is 1. The summed E-state index contributed by atoms with van der Waals surface area (Å²) in [5.41, 5.74) is 1.78. The summed E-state index contributed by atoms with van der Waals surface area (Å²) in [5, 5.41) is 0. The molecule has 0 radical (unpaired) electrons. The molecule has 1 aromatic rings. The van der Waals surface area contributed by atoms with Crippen LogP contribution in [-0.4, -0.2) is 12.3 Å². The fraction of sp³-hybridized carbons (Fsp3) is 0.125. The number of benzene rings is 1. The first-order valence-corrected chi connectivity index (χ1v) is 3.79. The minimum absolute atomic E-state index is 0. The van der Waals surface area contributed by atoms with Gasteiger partial charge in [-0.3, -0.25) is 10.2 Å². The molecule has 0 saturated carbocycles. The lowest BCUT2D eigenvalue weighted by atomic mass is 10.2. The first-order valence-electron chi connectivity index (χ1n) is 3.79. The number of hydrogen-bond donors (Lipinski definition) is 2. The lowest BCUT2D eigenvalue weighted by Crippen LogP contribution is -2.30. The summed E-state index contributed by atoms with van der Waals surface area (Å²) in [6.45, 7) is 0. The highest BCUT2D eigenvalue weighted by molar-refractivity contribution is 5.94. The van der Waals surface area contributed by atoms with Gasteiger partial charge in [-0.2, -0.15) is 0 Å². The number of ether oxygens (including phenoxy) is 1. The summed E-state index contributed by atoms with van der Waals surface area (Å²) >= 11 is 0. The SMILES string of the molecule is Cl.NNC(=O)c1cccc(OC(F)(F)F)c1. The normalized spacial score (nSPS) is 10.2. The Morgan fingerprint density at radius 1 is 1.38 bits per heavy atom. The highest BCUT2D eigenvalue weighted by atomic mass is 35.5. The van der Waals surface area contributed by atoms with Gasteiger partial charge in [-0.05, 0) is 18.2 Å². The molecule has 0 atom stereocenters. The number of carbonyl (C=O) groups is 1. The maximum atomic E-state index is 11.8. The first-order chi connectivity index (χ1) is 6.92. The number of halogens is 4. The van der Waals surface area contributed by atoms with E-state index in [0.717, 1.165) is 12.1 Å². The van der Waals surface area contributed by atoms with Crippen LogP contribution in [-0.2, 0) is 0 Å². The number of hydrogen-bond acceptors (Lipinski definition) is 3. The van der Waals surface area contributed by atoms with Crippen LogP contribution < -0.4 is 16.0 Å². The summed E-state index contributed by atoms with van der Waals surface area (Å²) in [6, 6.07) is 4.59. The molecule has 0 saturated heterocycles. The summed E-state index contributed by atoms with van der Waals surface area (Å²) in [7, 11) is 0. The van der Waals surface area contributed by atoms with Gasteiger partial charge in [0.2, 0.25) is 0 Å². The van der Waals surface area contributed by atoms with E-state index in [1.165, 1.54) is 12.1 Å². The van der Waals surface area contributed by atoms with Crippen molar-refractivity contribution in [1.29, 1.82) is 0 Å². The van der Waals surface area contributed by atoms with E-state index in [2.05, 4.69) is 4.74 Å². The maximum Gasteiger partial charge on any atom is 0.573 e. The fourth-order valence-corrected chi connectivity index (χ4v) is 0.918. The average molecular weight is 257 g/mol. The molecule has 0 fully saturated rings. The van der Waals surface area contributed by atoms with Gasteiger partial charge < -0.3 is 4.74 Å². The van der Waals surface area contributed by atoms with Gasteiger partial charge in [0.15, 0.2) is 0 Å². The predicted octanol–water partition coefficient (Wildman–Crippen LogP) is 1.61. The zero-order chi connectivity index (χ0) is 11.5. The smallest absolute Gasteiger partial charge is 0.406 e. The summed E-state index contributed by atoms with van der Waals surface area (Å²) in [5.74, 6) is 3.66. The molecule has 16 heavy (non-hydrogen) atoms. The molecule has 4 nitrogen and oxygen atoms in total. The van der Waals surface area contributed by atoms with Gasteiger partial charge in [0.25, 0.3) is 5.91 Å². The van der Waals surface area contributed by atoms with Gasteiger partial charge in [-0.1, -0.05) is 6.07 Å². The predicted molar refractivity (Wildman–Crippen MR) is 52.0 cm³/mol. The highest BCUT2D eigenvalue weighted by Gasteiger charge is 2.31. The van der Waals surface area contributed by atoms with Crippen LogP contribution in [0.25, 0.3) is 0 Å². The van der Waals surface area contributed by atoms with E-state index in [1.54, 1.807) is 5.43 Å². The third-order valence-corrected chi connectivity index (χ3v) is 1.46. The number of amides is 1. The first kappa shape index (κ1) is 14.5. The molecule has 0 spiro atoms. The fourth-order valence-electron chi connectivity index (χ4n) is 0.918. The molecular formula is C8H8ClF3N2O2. The van der Waals surface area contributed by atoms with E-state index < -0.39 is 18.0 Å². The third-order valence-electron chi connectivity index (χ3n) is 1.46. The summed E-state index contributed by atoms with van der Waals surface area (Å²) in [4.78, 5) is 11.0. The van der Waals surface area contributed by atoms with Crippen LogP contribution in [0.5, 0.6) is 5.75 Å². The largest absolute Gasteiger partial charge is 0.573 e. The Morgan fingerprint density at radius 3 is 2.50 bits per heavy atom. The molecule has 0 bridgehead atoms. The molecule has 3 N–H and O–H groups in total. The van der Waals surface area contributed by atoms with Crippen molar-refractivity contribution >= 4 is 18.3 Å². The number of alkyl halides is 3. The van der Waals surface area contributed by atoms with Gasteiger partial charge in [0.1, 0.15) is 5.75 Å². The quantitative estimate of drug-likeness (QED) is 0.480. The molecule has 0 aromatic heterocycles. The Bertz CT molecular complexity index is 371. The van der Waals surface area contributed by atoms with Crippen LogP contribution in [0.15, 0.2) is 24.3 Å². The zero-order valence-corrected chi connectivity index (χ0v) is 8.56. The maximum absolute atomic E-state index is 11.8. The Labute approximate surface area is 94.9 Å². The van der Waals surface area contributed by atoms with E-state index in [0.29, 0.717) is 0 Å². The van der Waals surface area contributed by atoms with Crippen molar-refractivity contribution in [1.82, 2.24) is 5.43 Å². The van der Waals surface area contributed by atoms with Crippen molar-refractivity contribution in [3.63, 3.8) is 0 Å². The number of nitrogens with two attached hydrogens (primary N) is 1. The van der Waals surface area contributed by atoms with Crippen LogP contribution in [0.3, 0.4) is 0 Å². The minimum atomic E-state index is -4.78. The van der Waals surface area contributed by atoms with E-state index in [1.807, 2.05) is 0 Å². The molecule has 1 amide bonds. The van der Waals surface area contributed by atoms with Crippen molar-refractivity contribution in [2.24, 2.45) is 5.84 Å². The lowest BCUT2D eigenvalue weighted by Gasteiger charge is -2.09. The minimum Gasteiger partial charge on any atom is -0.406 e. The number of rotatable bonds is 2. The van der Waals surface area contributed by atoms with Crippen molar-refractivity contribution in [3.8, 4) is 5.75 Å². The molecule has 1 rings (SSSR count). The Morgan fingerprint density at radius 2 is 2.00 bits per heavy atom. The Hall–Kier alpha value is -1.47. The summed E-state index contributed by atoms with van der Waals surface area (Å²) < 4.78 is 39.0. The van der Waals surface area contributed by atoms with Crippen molar-refractivity contribution in [2.75, 3.05) is 0 Å². The van der Waals surface area contributed by atoms with E-state index >= 15 is 0 Å². The molecule has 0 heterocycles. The molecule has 0 aliphatic heterocycles. The van der Waals surface area contributed by atoms with Gasteiger partial charge in [-0.25, -0.2) is 5.84 Å². The number of nitrogens with one attached hydrogen (secondary N) is 1. The molecule has 90 valence electrons. The summed E-state index contributed by atoms with van der Waals surface area (Å²) in [6.07, 6.45) is -4.78. The van der Waals surface area contributed by atoms with Gasteiger partial charge in [-0.15, -0.1) is 25.6 Å². The lowest BCUT2D eigenvalue weighted by molar-refractivity contribution is -0.274. The van der Waals surface area contributed by atoms with Crippen LogP contribution in [0, 0.1) is 0 Å². The zero-order valence-electron chi connectivity index (χ0n) is 7.75. The molecular weight excluding hydrogens is 249 g/mol.